The van der Waals surface area contributed by atoms with Crippen molar-refractivity contribution in [3.8, 4) is 16.9 Å². The molecule has 3 aromatic rings. The smallest absolute Gasteiger partial charge is 0.258 e. The van der Waals surface area contributed by atoms with Crippen molar-refractivity contribution in [3.05, 3.63) is 70.7 Å². The lowest BCUT2D eigenvalue weighted by Crippen LogP contribution is -2.40. The summed E-state index contributed by atoms with van der Waals surface area (Å²) in [6, 6.07) is 12.2. The van der Waals surface area contributed by atoms with Gasteiger partial charge in [-0.05, 0) is 55.5 Å². The molecule has 162 valence electrons. The zero-order valence-electron chi connectivity index (χ0n) is 16.7. The van der Waals surface area contributed by atoms with E-state index < -0.39 is 5.82 Å². The number of nitrogens with one attached hydrogen (secondary N) is 1. The van der Waals surface area contributed by atoms with E-state index in [0.717, 1.165) is 36.8 Å². The summed E-state index contributed by atoms with van der Waals surface area (Å²) in [6.45, 7) is -0.162. The zero-order chi connectivity index (χ0) is 21.8. The van der Waals surface area contributed by atoms with Crippen LogP contribution in [0.2, 0.25) is 10.0 Å². The molecule has 1 aliphatic carbocycles. The lowest BCUT2D eigenvalue weighted by Gasteiger charge is -2.29. The van der Waals surface area contributed by atoms with Crippen LogP contribution in [0.5, 0.6) is 5.75 Å². The summed E-state index contributed by atoms with van der Waals surface area (Å²) in [4.78, 5) is 12.2. The number of carbonyl (C=O) groups is 1. The van der Waals surface area contributed by atoms with Crippen LogP contribution in [0.3, 0.4) is 0 Å². The molecule has 1 aliphatic rings. The molecule has 4 rings (SSSR count). The fourth-order valence-corrected chi connectivity index (χ4v) is 4.04. The van der Waals surface area contributed by atoms with Gasteiger partial charge in [-0.15, -0.1) is 0 Å². The molecule has 31 heavy (non-hydrogen) atoms. The Bertz CT molecular complexity index is 1050. The Labute approximate surface area is 190 Å². The first-order valence-electron chi connectivity index (χ1n) is 10.2. The predicted octanol–water partition coefficient (Wildman–Crippen LogP) is 5.67. The Morgan fingerprint density at radius 3 is 2.55 bits per heavy atom. The maximum absolute atomic E-state index is 13.4. The molecule has 5 nitrogen and oxygen atoms in total. The highest BCUT2D eigenvalue weighted by Crippen LogP contribution is 2.30. The van der Waals surface area contributed by atoms with Crippen LogP contribution in [-0.4, -0.2) is 28.3 Å². The molecule has 1 amide bonds. The minimum absolute atomic E-state index is 0.0195. The maximum atomic E-state index is 13.4. The lowest BCUT2D eigenvalue weighted by atomic mass is 9.91. The fourth-order valence-electron chi connectivity index (χ4n) is 3.80. The maximum Gasteiger partial charge on any atom is 0.258 e. The normalized spacial score (nSPS) is 18.5. The summed E-state index contributed by atoms with van der Waals surface area (Å²) in [5.74, 6) is -0.519. The highest BCUT2D eigenvalue weighted by atomic mass is 35.5. The monoisotopic (exact) mass is 461 g/mol. The van der Waals surface area contributed by atoms with E-state index in [1.165, 1.54) is 18.2 Å². The number of amides is 1. The molecule has 1 N–H and O–H groups in total. The second kappa shape index (κ2) is 9.71. The molecule has 1 fully saturated rings. The molecule has 0 radical (unpaired) electrons. The van der Waals surface area contributed by atoms with Crippen molar-refractivity contribution < 1.29 is 13.9 Å². The molecule has 1 saturated carbocycles. The SMILES string of the molecule is O=C(COc1ccc(Cl)c(F)c1)NC1CCC(n2cc(-c3ccc(Cl)cc3)cn2)CC1. The van der Waals surface area contributed by atoms with Gasteiger partial charge in [0.1, 0.15) is 11.6 Å². The van der Waals surface area contributed by atoms with Gasteiger partial charge in [0.25, 0.3) is 5.91 Å². The van der Waals surface area contributed by atoms with Gasteiger partial charge in [0.2, 0.25) is 0 Å². The van der Waals surface area contributed by atoms with Crippen LogP contribution < -0.4 is 10.1 Å². The van der Waals surface area contributed by atoms with Crippen LogP contribution in [0.1, 0.15) is 31.7 Å². The molecular weight excluding hydrogens is 440 g/mol. The average molecular weight is 462 g/mol. The number of carbonyl (C=O) groups excluding carboxylic acids is 1. The molecule has 1 heterocycles. The largest absolute Gasteiger partial charge is 0.484 e. The van der Waals surface area contributed by atoms with Crippen molar-refractivity contribution in [1.29, 1.82) is 0 Å². The zero-order valence-corrected chi connectivity index (χ0v) is 18.2. The quantitative estimate of drug-likeness (QED) is 0.513. The van der Waals surface area contributed by atoms with Crippen molar-refractivity contribution in [1.82, 2.24) is 15.1 Å². The van der Waals surface area contributed by atoms with Crippen LogP contribution >= 0.6 is 23.2 Å². The summed E-state index contributed by atoms with van der Waals surface area (Å²) < 4.78 is 20.8. The number of rotatable bonds is 6. The molecule has 8 heteroatoms. The third-order valence-corrected chi connectivity index (χ3v) is 6.03. The lowest BCUT2D eigenvalue weighted by molar-refractivity contribution is -0.124. The molecule has 1 aromatic heterocycles. The van der Waals surface area contributed by atoms with Crippen LogP contribution in [0.4, 0.5) is 4.39 Å². The number of ether oxygens (including phenoxy) is 1. The van der Waals surface area contributed by atoms with Gasteiger partial charge in [-0.2, -0.15) is 5.10 Å². The van der Waals surface area contributed by atoms with Gasteiger partial charge in [-0.1, -0.05) is 35.3 Å². The molecule has 0 aliphatic heterocycles. The van der Waals surface area contributed by atoms with Crippen molar-refractivity contribution in [2.24, 2.45) is 0 Å². The number of halogens is 3. The van der Waals surface area contributed by atoms with Gasteiger partial charge in [0.05, 0.1) is 17.3 Å². The first-order valence-corrected chi connectivity index (χ1v) is 10.9. The van der Waals surface area contributed by atoms with E-state index in [4.69, 9.17) is 27.9 Å². The number of benzene rings is 2. The van der Waals surface area contributed by atoms with Crippen molar-refractivity contribution in [2.45, 2.75) is 37.8 Å². The van der Waals surface area contributed by atoms with Gasteiger partial charge in [0.15, 0.2) is 6.61 Å². The third kappa shape index (κ3) is 5.57. The number of aromatic nitrogens is 2. The van der Waals surface area contributed by atoms with Crippen LogP contribution in [0.25, 0.3) is 11.1 Å². The Morgan fingerprint density at radius 2 is 1.84 bits per heavy atom. The minimum atomic E-state index is -0.573. The Kier molecular flexibility index (Phi) is 6.78. The second-order valence-electron chi connectivity index (χ2n) is 7.65. The highest BCUT2D eigenvalue weighted by Gasteiger charge is 2.24. The van der Waals surface area contributed by atoms with Gasteiger partial charge >= 0.3 is 0 Å². The summed E-state index contributed by atoms with van der Waals surface area (Å²) >= 11 is 11.6. The predicted molar refractivity (Wildman–Crippen MR) is 119 cm³/mol. The second-order valence-corrected chi connectivity index (χ2v) is 8.50. The number of nitrogens with zero attached hydrogens (tertiary/aromatic N) is 2. The fraction of sp³-hybridized carbons (Fsp3) is 0.304. The van der Waals surface area contributed by atoms with Gasteiger partial charge in [0, 0.05) is 28.9 Å². The van der Waals surface area contributed by atoms with Crippen LogP contribution in [-0.2, 0) is 4.79 Å². The molecule has 0 spiro atoms. The van der Waals surface area contributed by atoms with E-state index in [-0.39, 0.29) is 29.3 Å². The summed E-state index contributed by atoms with van der Waals surface area (Å²) in [5, 5.41) is 8.26. The summed E-state index contributed by atoms with van der Waals surface area (Å²) in [5.41, 5.74) is 2.14. The molecule has 2 aromatic carbocycles. The summed E-state index contributed by atoms with van der Waals surface area (Å²) in [6.07, 6.45) is 7.51. The highest BCUT2D eigenvalue weighted by molar-refractivity contribution is 6.31. The van der Waals surface area contributed by atoms with Crippen molar-refractivity contribution in [3.63, 3.8) is 0 Å². The van der Waals surface area contributed by atoms with Crippen molar-refractivity contribution in [2.75, 3.05) is 6.61 Å². The first-order chi connectivity index (χ1) is 15.0. The van der Waals surface area contributed by atoms with E-state index >= 15 is 0 Å². The molecule has 0 atom stereocenters. The summed E-state index contributed by atoms with van der Waals surface area (Å²) in [7, 11) is 0. The van der Waals surface area contributed by atoms with Crippen LogP contribution in [0.15, 0.2) is 54.9 Å². The molecular formula is C23H22Cl2FN3O2. The van der Waals surface area contributed by atoms with E-state index in [1.807, 2.05) is 35.1 Å². The Balaban J connectivity index is 1.24. The van der Waals surface area contributed by atoms with Crippen LogP contribution in [0, 0.1) is 5.82 Å². The van der Waals surface area contributed by atoms with Gasteiger partial charge < -0.3 is 10.1 Å². The van der Waals surface area contributed by atoms with E-state index in [0.29, 0.717) is 11.1 Å². The van der Waals surface area contributed by atoms with Gasteiger partial charge in [-0.25, -0.2) is 4.39 Å². The van der Waals surface area contributed by atoms with E-state index in [1.54, 1.807) is 0 Å². The standard InChI is InChI=1S/C23H22Cl2FN3O2/c24-17-3-1-15(2-4-17)16-12-27-29(13-16)19-7-5-18(6-8-19)28-23(30)14-31-20-9-10-21(25)22(26)11-20/h1-4,9-13,18-19H,5-8,14H2,(H,28,30). The van der Waals surface area contributed by atoms with Crippen molar-refractivity contribution >= 4 is 29.1 Å². The first kappa shape index (κ1) is 21.7. The topological polar surface area (TPSA) is 56.1 Å². The van der Waals surface area contributed by atoms with E-state index in [9.17, 15) is 9.18 Å². The number of hydrogen-bond acceptors (Lipinski definition) is 3. The average Bonchev–Trinajstić information content (AvgIpc) is 3.26. The molecule has 0 saturated heterocycles. The van der Waals surface area contributed by atoms with Gasteiger partial charge in [-0.3, -0.25) is 9.48 Å². The Morgan fingerprint density at radius 1 is 1.10 bits per heavy atom. The third-order valence-electron chi connectivity index (χ3n) is 5.48. The van der Waals surface area contributed by atoms with E-state index in [2.05, 4.69) is 16.6 Å². The molecule has 0 unspecified atom stereocenters. The minimum Gasteiger partial charge on any atom is -0.484 e. The molecule has 0 bridgehead atoms. The Hall–Kier alpha value is -2.57. The number of hydrogen-bond donors (Lipinski definition) is 1.